The summed E-state index contributed by atoms with van der Waals surface area (Å²) in [5.41, 5.74) is 9.24. The van der Waals surface area contributed by atoms with Crippen molar-refractivity contribution in [1.29, 1.82) is 0 Å². The van der Waals surface area contributed by atoms with Crippen molar-refractivity contribution < 1.29 is 8.83 Å². The minimum atomic E-state index is 0.589. The summed E-state index contributed by atoms with van der Waals surface area (Å²) in [5.74, 6) is 1.83. The van der Waals surface area contributed by atoms with Gasteiger partial charge in [0.15, 0.2) is 17.5 Å². The highest BCUT2D eigenvalue weighted by molar-refractivity contribution is 6.22. The van der Waals surface area contributed by atoms with Gasteiger partial charge in [-0.3, -0.25) is 0 Å². The molecule has 0 amide bonds. The fourth-order valence-electron chi connectivity index (χ4n) is 7.50. The van der Waals surface area contributed by atoms with Crippen LogP contribution in [-0.2, 0) is 0 Å². The Morgan fingerprint density at radius 3 is 1.61 bits per heavy atom. The number of aromatic nitrogens is 4. The Bertz CT molecular complexity index is 3030. The second-order valence-electron chi connectivity index (χ2n) is 12.8. The Balaban J connectivity index is 1.11. The summed E-state index contributed by atoms with van der Waals surface area (Å²) < 4.78 is 15.5. The maximum absolute atomic E-state index is 6.78. The predicted octanol–water partition coefficient (Wildman–Crippen LogP) is 11.8. The Morgan fingerprint density at radius 2 is 0.941 bits per heavy atom. The molecule has 0 atom stereocenters. The number of rotatable bonds is 4. The first kappa shape index (κ1) is 27.9. The molecule has 0 saturated carbocycles. The van der Waals surface area contributed by atoms with Crippen molar-refractivity contribution in [2.45, 2.75) is 0 Å². The monoisotopic (exact) mass is 654 g/mol. The summed E-state index contributed by atoms with van der Waals surface area (Å²) in [5, 5.41) is 6.42. The largest absolute Gasteiger partial charge is 0.456 e. The number of furan rings is 2. The lowest BCUT2D eigenvalue weighted by Crippen LogP contribution is -2.00. The number of para-hydroxylation sites is 2. The molecule has 238 valence electrons. The molecule has 6 heteroatoms. The third kappa shape index (κ3) is 4.26. The van der Waals surface area contributed by atoms with Gasteiger partial charge in [-0.05, 0) is 54.6 Å². The zero-order chi connectivity index (χ0) is 33.5. The van der Waals surface area contributed by atoms with E-state index in [2.05, 4.69) is 83.4 Å². The quantitative estimate of drug-likeness (QED) is 0.189. The molecule has 0 aliphatic rings. The summed E-state index contributed by atoms with van der Waals surface area (Å²) >= 11 is 0. The van der Waals surface area contributed by atoms with E-state index >= 15 is 0 Å². The third-order valence-electron chi connectivity index (χ3n) is 9.85. The van der Waals surface area contributed by atoms with Gasteiger partial charge in [-0.25, -0.2) is 15.0 Å². The van der Waals surface area contributed by atoms with Gasteiger partial charge in [0.05, 0.1) is 16.4 Å². The van der Waals surface area contributed by atoms with E-state index in [0.717, 1.165) is 77.3 Å². The van der Waals surface area contributed by atoms with Crippen molar-refractivity contribution in [2.75, 3.05) is 0 Å². The van der Waals surface area contributed by atoms with Crippen LogP contribution in [0.15, 0.2) is 167 Å². The first-order valence-corrected chi connectivity index (χ1v) is 16.9. The van der Waals surface area contributed by atoms with Gasteiger partial charge >= 0.3 is 0 Å². The summed E-state index contributed by atoms with van der Waals surface area (Å²) in [4.78, 5) is 14.8. The molecule has 0 N–H and O–H groups in total. The fourth-order valence-corrected chi connectivity index (χ4v) is 7.50. The van der Waals surface area contributed by atoms with E-state index in [0.29, 0.717) is 17.5 Å². The topological polar surface area (TPSA) is 69.9 Å². The molecule has 4 heterocycles. The van der Waals surface area contributed by atoms with Gasteiger partial charge < -0.3 is 13.4 Å². The average Bonchev–Trinajstić information content (AvgIpc) is 3.87. The predicted molar refractivity (Wildman–Crippen MR) is 205 cm³/mol. The Kier molecular flexibility index (Phi) is 5.86. The fraction of sp³-hybridized carbons (Fsp3) is 0. The molecule has 0 bridgehead atoms. The molecule has 0 unspecified atom stereocenters. The third-order valence-corrected chi connectivity index (χ3v) is 9.85. The van der Waals surface area contributed by atoms with Crippen molar-refractivity contribution >= 4 is 65.7 Å². The number of fused-ring (bicyclic) bond motifs is 10. The van der Waals surface area contributed by atoms with E-state index in [1.807, 2.05) is 78.9 Å². The lowest BCUT2D eigenvalue weighted by Gasteiger charge is -2.08. The van der Waals surface area contributed by atoms with Crippen LogP contribution in [0, 0.1) is 0 Å². The Hall–Kier alpha value is -7.05. The smallest absolute Gasteiger partial charge is 0.164 e. The highest BCUT2D eigenvalue weighted by Gasteiger charge is 2.20. The Labute approximate surface area is 290 Å². The van der Waals surface area contributed by atoms with Crippen molar-refractivity contribution in [1.82, 2.24) is 19.5 Å². The maximum Gasteiger partial charge on any atom is 0.164 e. The second kappa shape index (κ2) is 10.7. The molecule has 0 saturated heterocycles. The normalized spacial score (nSPS) is 11.9. The van der Waals surface area contributed by atoms with Gasteiger partial charge in [-0.2, -0.15) is 0 Å². The molecule has 0 fully saturated rings. The number of benzene rings is 7. The summed E-state index contributed by atoms with van der Waals surface area (Å²) in [7, 11) is 0. The van der Waals surface area contributed by atoms with Gasteiger partial charge in [0.2, 0.25) is 0 Å². The second-order valence-corrected chi connectivity index (χ2v) is 12.8. The number of nitrogens with zero attached hydrogens (tertiary/aromatic N) is 4. The molecular weight excluding hydrogens is 629 g/mol. The SMILES string of the molecule is c1ccc(-c2nc(-c3ccccc3)nc(-c3ccc4oc5ccc6c7ccc(-n8c9ccccc9c9ccccc98)cc7oc6c5c4c3)n2)cc1. The van der Waals surface area contributed by atoms with Gasteiger partial charge in [-0.1, -0.05) is 97.1 Å². The molecule has 0 spiro atoms. The number of hydrogen-bond donors (Lipinski definition) is 0. The van der Waals surface area contributed by atoms with Crippen LogP contribution in [0.4, 0.5) is 0 Å². The van der Waals surface area contributed by atoms with E-state index < -0.39 is 0 Å². The lowest BCUT2D eigenvalue weighted by atomic mass is 10.1. The van der Waals surface area contributed by atoms with Crippen LogP contribution in [0.3, 0.4) is 0 Å². The standard InChI is InChI=1S/C45H26N4O2/c1-3-11-27(12-4-1)43-46-44(28-13-5-2-6-14-28)48-45(47-43)29-19-23-38-35(25-29)41-39(50-38)24-22-34-33-21-20-30(26-40(33)51-42(34)41)49-36-17-9-7-15-31(36)32-16-8-10-18-37(32)49/h1-26H. The molecule has 0 aliphatic carbocycles. The molecule has 6 nitrogen and oxygen atoms in total. The lowest BCUT2D eigenvalue weighted by molar-refractivity contribution is 0.662. The average molecular weight is 655 g/mol. The Morgan fingerprint density at radius 1 is 0.373 bits per heavy atom. The molecule has 51 heavy (non-hydrogen) atoms. The van der Waals surface area contributed by atoms with E-state index in [4.69, 9.17) is 23.8 Å². The van der Waals surface area contributed by atoms with Crippen LogP contribution in [0.5, 0.6) is 0 Å². The van der Waals surface area contributed by atoms with Crippen LogP contribution < -0.4 is 0 Å². The van der Waals surface area contributed by atoms with Crippen LogP contribution in [0.1, 0.15) is 0 Å². The molecular formula is C45H26N4O2. The van der Waals surface area contributed by atoms with E-state index in [9.17, 15) is 0 Å². The molecule has 11 aromatic rings. The van der Waals surface area contributed by atoms with E-state index in [-0.39, 0.29) is 0 Å². The van der Waals surface area contributed by atoms with Gasteiger partial charge in [0.25, 0.3) is 0 Å². The van der Waals surface area contributed by atoms with Crippen molar-refractivity contribution in [3.63, 3.8) is 0 Å². The van der Waals surface area contributed by atoms with Crippen LogP contribution in [0.25, 0.3) is 106 Å². The zero-order valence-corrected chi connectivity index (χ0v) is 27.1. The molecule has 4 aromatic heterocycles. The van der Waals surface area contributed by atoms with E-state index in [1.165, 1.54) is 10.8 Å². The minimum absolute atomic E-state index is 0.589. The van der Waals surface area contributed by atoms with Crippen LogP contribution >= 0.6 is 0 Å². The first-order valence-electron chi connectivity index (χ1n) is 16.9. The zero-order valence-electron chi connectivity index (χ0n) is 27.1. The van der Waals surface area contributed by atoms with Crippen molar-refractivity contribution in [3.05, 3.63) is 158 Å². The minimum Gasteiger partial charge on any atom is -0.456 e. The maximum atomic E-state index is 6.78. The highest BCUT2D eigenvalue weighted by Crippen LogP contribution is 2.41. The van der Waals surface area contributed by atoms with Gasteiger partial charge in [-0.15, -0.1) is 0 Å². The highest BCUT2D eigenvalue weighted by atomic mass is 16.3. The van der Waals surface area contributed by atoms with Crippen LogP contribution in [-0.4, -0.2) is 19.5 Å². The van der Waals surface area contributed by atoms with Gasteiger partial charge in [0, 0.05) is 55.4 Å². The first-order chi connectivity index (χ1) is 25.3. The number of hydrogen-bond acceptors (Lipinski definition) is 5. The summed E-state index contributed by atoms with van der Waals surface area (Å²) in [6.07, 6.45) is 0. The van der Waals surface area contributed by atoms with Crippen molar-refractivity contribution in [2.24, 2.45) is 0 Å². The van der Waals surface area contributed by atoms with E-state index in [1.54, 1.807) is 0 Å². The van der Waals surface area contributed by atoms with Gasteiger partial charge in [0.1, 0.15) is 22.3 Å². The van der Waals surface area contributed by atoms with Crippen molar-refractivity contribution in [3.8, 4) is 39.9 Å². The molecule has 11 rings (SSSR count). The van der Waals surface area contributed by atoms with Crippen LogP contribution in [0.2, 0.25) is 0 Å². The summed E-state index contributed by atoms with van der Waals surface area (Å²) in [6, 6.07) is 53.9. The molecule has 7 aromatic carbocycles. The summed E-state index contributed by atoms with van der Waals surface area (Å²) in [6.45, 7) is 0. The molecule has 0 aliphatic heterocycles. The molecule has 0 radical (unpaired) electrons.